The molecule has 200 valence electrons. The van der Waals surface area contributed by atoms with Gasteiger partial charge in [0.1, 0.15) is 22.2 Å². The largest absolute Gasteiger partial charge is 0.497 e. The standard InChI is InChI=1S/C27H27ClFN3O4S2/c1-4-23(18-8-6-5-7-9-18)31-24-16-22(29)26(15-21(24)28)38(33,34)32(27-30-12-13-37-27)17-19-10-11-20(35-2)14-25(19)36-3/h5-16,23,31H,4,17H2,1-3H3/t23-/m0/s1. The van der Waals surface area contributed by atoms with Gasteiger partial charge in [0.05, 0.1) is 37.5 Å². The number of rotatable bonds is 11. The van der Waals surface area contributed by atoms with Crippen LogP contribution in [0.3, 0.4) is 0 Å². The number of halogens is 2. The highest BCUT2D eigenvalue weighted by molar-refractivity contribution is 7.93. The number of aromatic nitrogens is 1. The van der Waals surface area contributed by atoms with E-state index in [1.54, 1.807) is 23.6 Å². The van der Waals surface area contributed by atoms with Crippen molar-refractivity contribution in [2.75, 3.05) is 23.8 Å². The average Bonchev–Trinajstić information content (AvgIpc) is 3.46. The summed E-state index contributed by atoms with van der Waals surface area (Å²) in [4.78, 5) is 3.63. The molecular formula is C27H27ClFN3O4S2. The number of hydrogen-bond donors (Lipinski definition) is 1. The number of thiazole rings is 1. The lowest BCUT2D eigenvalue weighted by Crippen LogP contribution is -2.31. The van der Waals surface area contributed by atoms with Crippen LogP contribution in [0.5, 0.6) is 11.5 Å². The molecular weight excluding hydrogens is 549 g/mol. The van der Waals surface area contributed by atoms with Crippen molar-refractivity contribution < 1.29 is 22.3 Å². The van der Waals surface area contributed by atoms with Crippen molar-refractivity contribution in [2.24, 2.45) is 0 Å². The summed E-state index contributed by atoms with van der Waals surface area (Å²) < 4.78 is 54.9. The topological polar surface area (TPSA) is 80.8 Å². The number of anilines is 2. The molecule has 4 rings (SSSR count). The molecule has 7 nitrogen and oxygen atoms in total. The lowest BCUT2D eigenvalue weighted by Gasteiger charge is -2.24. The van der Waals surface area contributed by atoms with E-state index >= 15 is 4.39 Å². The first-order valence-electron chi connectivity index (χ1n) is 11.7. The van der Waals surface area contributed by atoms with Crippen molar-refractivity contribution in [3.63, 3.8) is 0 Å². The fourth-order valence-corrected chi connectivity index (χ4v) is 6.61. The average molecular weight is 576 g/mol. The van der Waals surface area contributed by atoms with Crippen molar-refractivity contribution >= 4 is 43.8 Å². The Hall–Kier alpha value is -3.34. The van der Waals surface area contributed by atoms with Gasteiger partial charge in [0.2, 0.25) is 0 Å². The van der Waals surface area contributed by atoms with Crippen LogP contribution in [0.25, 0.3) is 0 Å². The smallest absolute Gasteiger partial charge is 0.269 e. The van der Waals surface area contributed by atoms with Gasteiger partial charge in [-0.2, -0.15) is 0 Å². The van der Waals surface area contributed by atoms with Gasteiger partial charge < -0.3 is 14.8 Å². The molecule has 3 aromatic carbocycles. The Morgan fingerprint density at radius 2 is 1.87 bits per heavy atom. The minimum Gasteiger partial charge on any atom is -0.497 e. The van der Waals surface area contributed by atoms with Gasteiger partial charge in [0.25, 0.3) is 10.0 Å². The molecule has 0 saturated carbocycles. The monoisotopic (exact) mass is 575 g/mol. The molecule has 0 amide bonds. The second kappa shape index (κ2) is 12.0. The number of benzene rings is 3. The van der Waals surface area contributed by atoms with Crippen LogP contribution in [0.4, 0.5) is 15.2 Å². The predicted octanol–water partition coefficient (Wildman–Crippen LogP) is 6.91. The number of nitrogens with one attached hydrogen (secondary N) is 1. The fourth-order valence-electron chi connectivity index (χ4n) is 3.98. The van der Waals surface area contributed by atoms with E-state index < -0.39 is 20.7 Å². The number of hydrogen-bond acceptors (Lipinski definition) is 7. The molecule has 0 aliphatic heterocycles. The van der Waals surface area contributed by atoms with E-state index in [2.05, 4.69) is 10.3 Å². The van der Waals surface area contributed by atoms with E-state index in [0.717, 1.165) is 33.3 Å². The molecule has 0 spiro atoms. The summed E-state index contributed by atoms with van der Waals surface area (Å²) in [6, 6.07) is 16.8. The SMILES string of the molecule is CC[C@H](Nc1cc(F)c(S(=O)(=O)N(Cc2ccc(OC)cc2OC)c2nccs2)cc1Cl)c1ccccc1. The molecule has 4 aromatic rings. The molecule has 0 unspecified atom stereocenters. The van der Waals surface area contributed by atoms with Gasteiger partial charge in [-0.15, -0.1) is 11.3 Å². The maximum absolute atomic E-state index is 15.5. The molecule has 0 fully saturated rings. The molecule has 1 aromatic heterocycles. The number of methoxy groups -OCH3 is 2. The molecule has 1 N–H and O–H groups in total. The summed E-state index contributed by atoms with van der Waals surface area (Å²) in [7, 11) is -1.41. The van der Waals surface area contributed by atoms with Crippen molar-refractivity contribution in [1.29, 1.82) is 0 Å². The van der Waals surface area contributed by atoms with E-state index in [1.165, 1.54) is 20.4 Å². The van der Waals surface area contributed by atoms with Crippen LogP contribution < -0.4 is 19.1 Å². The lowest BCUT2D eigenvalue weighted by atomic mass is 10.0. The highest BCUT2D eigenvalue weighted by Crippen LogP contribution is 2.36. The third-order valence-electron chi connectivity index (χ3n) is 5.97. The maximum atomic E-state index is 15.5. The van der Waals surface area contributed by atoms with Crippen LogP contribution in [0.2, 0.25) is 5.02 Å². The van der Waals surface area contributed by atoms with Crippen LogP contribution >= 0.6 is 22.9 Å². The van der Waals surface area contributed by atoms with Crippen LogP contribution in [-0.4, -0.2) is 27.6 Å². The summed E-state index contributed by atoms with van der Waals surface area (Å²) in [5.41, 5.74) is 1.86. The maximum Gasteiger partial charge on any atom is 0.269 e. The first kappa shape index (κ1) is 27.7. The summed E-state index contributed by atoms with van der Waals surface area (Å²) in [6.07, 6.45) is 2.20. The second-order valence-electron chi connectivity index (χ2n) is 8.28. The Morgan fingerprint density at radius 1 is 1.11 bits per heavy atom. The summed E-state index contributed by atoms with van der Waals surface area (Å²) in [6.45, 7) is 1.85. The molecule has 0 aliphatic carbocycles. The van der Waals surface area contributed by atoms with E-state index in [1.807, 2.05) is 37.3 Å². The van der Waals surface area contributed by atoms with E-state index in [9.17, 15) is 8.42 Å². The van der Waals surface area contributed by atoms with E-state index in [-0.39, 0.29) is 22.7 Å². The fraction of sp³-hybridized carbons (Fsp3) is 0.222. The summed E-state index contributed by atoms with van der Waals surface area (Å²) in [5, 5.41) is 5.14. The third kappa shape index (κ3) is 5.87. The van der Waals surface area contributed by atoms with Gasteiger partial charge in [-0.1, -0.05) is 48.9 Å². The number of nitrogens with zero attached hydrogens (tertiary/aromatic N) is 2. The highest BCUT2D eigenvalue weighted by atomic mass is 35.5. The van der Waals surface area contributed by atoms with E-state index in [4.69, 9.17) is 21.1 Å². The van der Waals surface area contributed by atoms with E-state index in [0.29, 0.717) is 29.2 Å². The Morgan fingerprint density at radius 3 is 2.50 bits per heavy atom. The molecule has 38 heavy (non-hydrogen) atoms. The molecule has 0 saturated heterocycles. The molecule has 0 radical (unpaired) electrons. The Kier molecular flexibility index (Phi) is 8.76. The Labute approximate surface area is 230 Å². The molecule has 0 aliphatic rings. The van der Waals surface area contributed by atoms with Gasteiger partial charge in [0.15, 0.2) is 5.13 Å². The Balaban J connectivity index is 1.71. The van der Waals surface area contributed by atoms with Crippen molar-refractivity contribution in [2.45, 2.75) is 30.8 Å². The molecule has 0 bridgehead atoms. The zero-order valence-electron chi connectivity index (χ0n) is 21.0. The predicted molar refractivity (Wildman–Crippen MR) is 150 cm³/mol. The number of ether oxygens (including phenoxy) is 2. The number of sulfonamides is 1. The summed E-state index contributed by atoms with van der Waals surface area (Å²) >= 11 is 7.63. The van der Waals surface area contributed by atoms with Crippen LogP contribution in [0.1, 0.15) is 30.5 Å². The molecule has 11 heteroatoms. The third-order valence-corrected chi connectivity index (χ3v) is 8.94. The van der Waals surface area contributed by atoms with Gasteiger partial charge in [-0.05, 0) is 36.2 Å². The quantitative estimate of drug-likeness (QED) is 0.209. The Bertz CT molecular complexity index is 1490. The zero-order chi connectivity index (χ0) is 27.3. The summed E-state index contributed by atoms with van der Waals surface area (Å²) in [5.74, 6) is 0.0461. The van der Waals surface area contributed by atoms with Gasteiger partial charge in [0, 0.05) is 23.2 Å². The normalized spacial score (nSPS) is 12.1. The van der Waals surface area contributed by atoms with Crippen LogP contribution in [0.15, 0.2) is 77.1 Å². The van der Waals surface area contributed by atoms with Crippen molar-refractivity contribution in [1.82, 2.24) is 4.98 Å². The first-order valence-corrected chi connectivity index (χ1v) is 14.4. The first-order chi connectivity index (χ1) is 18.3. The van der Waals surface area contributed by atoms with Gasteiger partial charge in [-0.3, -0.25) is 0 Å². The molecule has 1 heterocycles. The second-order valence-corrected chi connectivity index (χ2v) is 11.4. The highest BCUT2D eigenvalue weighted by Gasteiger charge is 2.32. The van der Waals surface area contributed by atoms with Crippen LogP contribution in [-0.2, 0) is 16.6 Å². The van der Waals surface area contributed by atoms with Gasteiger partial charge in [-0.25, -0.2) is 22.1 Å². The van der Waals surface area contributed by atoms with Gasteiger partial charge >= 0.3 is 0 Å². The zero-order valence-corrected chi connectivity index (χ0v) is 23.4. The molecule has 1 atom stereocenters. The van der Waals surface area contributed by atoms with Crippen molar-refractivity contribution in [3.8, 4) is 11.5 Å². The van der Waals surface area contributed by atoms with Crippen molar-refractivity contribution in [3.05, 3.63) is 94.2 Å². The lowest BCUT2D eigenvalue weighted by molar-refractivity contribution is 0.391. The minimum atomic E-state index is -4.41. The minimum absolute atomic E-state index is 0.0838. The van der Waals surface area contributed by atoms with Crippen LogP contribution in [0, 0.1) is 5.82 Å².